The molecular weight excluding hydrogens is 282 g/mol. The first kappa shape index (κ1) is 13.5. The van der Waals surface area contributed by atoms with Crippen LogP contribution in [0.2, 0.25) is 0 Å². The maximum atomic E-state index is 10.5. The summed E-state index contributed by atoms with van der Waals surface area (Å²) in [6.07, 6.45) is 2.36. The summed E-state index contributed by atoms with van der Waals surface area (Å²) in [5, 5.41) is 7.00. The molecule has 0 atom stereocenters. The highest BCUT2D eigenvalue weighted by atomic mass is 79.9. The van der Waals surface area contributed by atoms with Gasteiger partial charge in [-0.2, -0.15) is 0 Å². The van der Waals surface area contributed by atoms with Crippen molar-refractivity contribution in [3.63, 3.8) is 0 Å². The monoisotopic (exact) mass is 293 g/mol. The summed E-state index contributed by atoms with van der Waals surface area (Å²) in [7, 11) is 1.00. The zero-order chi connectivity index (χ0) is 12.7. The lowest BCUT2D eigenvalue weighted by Gasteiger charge is -2.00. The van der Waals surface area contributed by atoms with Crippen LogP contribution in [0.25, 0.3) is 11.3 Å². The van der Waals surface area contributed by atoms with Crippen molar-refractivity contribution in [2.45, 2.75) is 0 Å². The molecule has 0 saturated carbocycles. The van der Waals surface area contributed by atoms with E-state index in [0.29, 0.717) is 5.56 Å². The number of aliphatic hydroxyl groups is 1. The second kappa shape index (κ2) is 6.93. The Labute approximate surface area is 108 Å². The summed E-state index contributed by atoms with van der Waals surface area (Å²) in [5.41, 5.74) is 2.50. The number of aldehydes is 1. The Morgan fingerprint density at radius 3 is 2.24 bits per heavy atom. The second-order valence-corrected chi connectivity index (χ2v) is 4.02. The van der Waals surface area contributed by atoms with E-state index >= 15 is 0 Å². The summed E-state index contributed by atoms with van der Waals surface area (Å²) in [6.45, 7) is 0. The van der Waals surface area contributed by atoms with Gasteiger partial charge in [-0.25, -0.2) is 0 Å². The van der Waals surface area contributed by atoms with Gasteiger partial charge in [0.1, 0.15) is 0 Å². The molecule has 1 N–H and O–H groups in total. The topological polar surface area (TPSA) is 50.2 Å². The number of halogens is 1. The van der Waals surface area contributed by atoms with Gasteiger partial charge in [0.15, 0.2) is 6.29 Å². The molecule has 17 heavy (non-hydrogen) atoms. The normalized spacial score (nSPS) is 9.12. The number of hydrogen-bond acceptors (Lipinski definition) is 3. The lowest BCUT2D eigenvalue weighted by atomic mass is 10.1. The summed E-state index contributed by atoms with van der Waals surface area (Å²) >= 11 is 3.37. The number of benzene rings is 1. The number of carbonyl (C=O) groups is 1. The van der Waals surface area contributed by atoms with Gasteiger partial charge in [0.25, 0.3) is 0 Å². The molecular formula is C13H12BrNO2. The Morgan fingerprint density at radius 2 is 1.76 bits per heavy atom. The van der Waals surface area contributed by atoms with E-state index in [9.17, 15) is 4.79 Å². The van der Waals surface area contributed by atoms with E-state index in [-0.39, 0.29) is 0 Å². The van der Waals surface area contributed by atoms with E-state index in [1.807, 2.05) is 30.3 Å². The molecule has 0 unspecified atom stereocenters. The highest BCUT2D eigenvalue weighted by Crippen LogP contribution is 2.19. The largest absolute Gasteiger partial charge is 0.400 e. The third-order valence-electron chi connectivity index (χ3n) is 2.06. The van der Waals surface area contributed by atoms with Crippen LogP contribution in [0.15, 0.2) is 47.1 Å². The Balaban J connectivity index is 0.000000686. The van der Waals surface area contributed by atoms with Crippen molar-refractivity contribution in [2.24, 2.45) is 0 Å². The third-order valence-corrected chi connectivity index (χ3v) is 2.59. The molecule has 3 nitrogen and oxygen atoms in total. The average molecular weight is 294 g/mol. The lowest BCUT2D eigenvalue weighted by Crippen LogP contribution is -1.85. The van der Waals surface area contributed by atoms with Gasteiger partial charge in [-0.15, -0.1) is 0 Å². The number of rotatable bonds is 2. The van der Waals surface area contributed by atoms with Crippen LogP contribution < -0.4 is 0 Å². The van der Waals surface area contributed by atoms with Gasteiger partial charge in [0, 0.05) is 28.9 Å². The standard InChI is InChI=1S/C12H8BrNO.CH4O/c13-11-4-2-10(3-5-11)12-6-1-9(8-15)7-14-12;1-2/h1-8H;2H,1H3. The second-order valence-electron chi connectivity index (χ2n) is 3.10. The first-order valence-electron chi connectivity index (χ1n) is 4.91. The Morgan fingerprint density at radius 1 is 1.12 bits per heavy atom. The number of aliphatic hydroxyl groups excluding tert-OH is 1. The Bertz CT molecular complexity index is 466. The lowest BCUT2D eigenvalue weighted by molar-refractivity contribution is 0.112. The van der Waals surface area contributed by atoms with Crippen LogP contribution >= 0.6 is 15.9 Å². The van der Waals surface area contributed by atoms with Crippen molar-refractivity contribution in [1.82, 2.24) is 4.98 Å². The minimum absolute atomic E-state index is 0.593. The summed E-state index contributed by atoms with van der Waals surface area (Å²) in [5.74, 6) is 0. The van der Waals surface area contributed by atoms with Gasteiger partial charge in [-0.05, 0) is 24.3 Å². The van der Waals surface area contributed by atoms with E-state index < -0.39 is 0 Å². The van der Waals surface area contributed by atoms with Gasteiger partial charge in [0.2, 0.25) is 0 Å². The summed E-state index contributed by atoms with van der Waals surface area (Å²) < 4.78 is 1.04. The molecule has 1 heterocycles. The van der Waals surface area contributed by atoms with Crippen LogP contribution in [0.1, 0.15) is 10.4 Å². The van der Waals surface area contributed by atoms with E-state index in [0.717, 1.165) is 29.1 Å². The molecule has 0 amide bonds. The highest BCUT2D eigenvalue weighted by molar-refractivity contribution is 9.10. The van der Waals surface area contributed by atoms with Crippen molar-refractivity contribution in [3.05, 3.63) is 52.6 Å². The van der Waals surface area contributed by atoms with Crippen molar-refractivity contribution in [2.75, 3.05) is 7.11 Å². The van der Waals surface area contributed by atoms with Crippen molar-refractivity contribution >= 4 is 22.2 Å². The summed E-state index contributed by atoms with van der Waals surface area (Å²) in [6, 6.07) is 11.5. The molecule has 1 aromatic heterocycles. The number of nitrogens with zero attached hydrogens (tertiary/aromatic N) is 1. The zero-order valence-electron chi connectivity index (χ0n) is 9.30. The minimum Gasteiger partial charge on any atom is -0.400 e. The zero-order valence-corrected chi connectivity index (χ0v) is 10.9. The van der Waals surface area contributed by atoms with Gasteiger partial charge >= 0.3 is 0 Å². The molecule has 2 rings (SSSR count). The molecule has 2 aromatic rings. The van der Waals surface area contributed by atoms with Crippen LogP contribution in [0, 0.1) is 0 Å². The SMILES string of the molecule is CO.O=Cc1ccc(-c2ccc(Br)cc2)nc1. The molecule has 0 aliphatic rings. The molecule has 0 bridgehead atoms. The molecule has 0 aliphatic heterocycles. The van der Waals surface area contributed by atoms with Crippen molar-refractivity contribution in [3.8, 4) is 11.3 Å². The van der Waals surface area contributed by atoms with Gasteiger partial charge in [0.05, 0.1) is 5.69 Å². The maximum Gasteiger partial charge on any atom is 0.151 e. The molecule has 1 aromatic carbocycles. The minimum atomic E-state index is 0.593. The first-order chi connectivity index (χ1) is 8.29. The third kappa shape index (κ3) is 3.76. The fraction of sp³-hybridized carbons (Fsp3) is 0.0769. The number of pyridine rings is 1. The van der Waals surface area contributed by atoms with E-state index in [1.54, 1.807) is 12.3 Å². The average Bonchev–Trinajstić information content (AvgIpc) is 2.42. The molecule has 0 fully saturated rings. The Hall–Kier alpha value is -1.52. The van der Waals surface area contributed by atoms with E-state index in [2.05, 4.69) is 20.9 Å². The quantitative estimate of drug-likeness (QED) is 0.866. The molecule has 88 valence electrons. The van der Waals surface area contributed by atoms with Crippen molar-refractivity contribution < 1.29 is 9.90 Å². The van der Waals surface area contributed by atoms with Gasteiger partial charge in [-0.1, -0.05) is 28.1 Å². The smallest absolute Gasteiger partial charge is 0.151 e. The van der Waals surface area contributed by atoms with Crippen LogP contribution in [0.3, 0.4) is 0 Å². The first-order valence-corrected chi connectivity index (χ1v) is 5.71. The van der Waals surface area contributed by atoms with Crippen LogP contribution in [0.5, 0.6) is 0 Å². The van der Waals surface area contributed by atoms with Crippen LogP contribution in [-0.2, 0) is 0 Å². The molecule has 0 spiro atoms. The van der Waals surface area contributed by atoms with Gasteiger partial charge < -0.3 is 5.11 Å². The van der Waals surface area contributed by atoms with Gasteiger partial charge in [-0.3, -0.25) is 9.78 Å². The van der Waals surface area contributed by atoms with Crippen LogP contribution in [0.4, 0.5) is 0 Å². The molecule has 0 saturated heterocycles. The van der Waals surface area contributed by atoms with Crippen LogP contribution in [-0.4, -0.2) is 23.5 Å². The molecule has 0 aliphatic carbocycles. The fourth-order valence-electron chi connectivity index (χ4n) is 1.27. The predicted octanol–water partition coefficient (Wildman–Crippen LogP) is 2.93. The highest BCUT2D eigenvalue weighted by Gasteiger charge is 1.98. The molecule has 0 radical (unpaired) electrons. The summed E-state index contributed by atoms with van der Waals surface area (Å²) in [4.78, 5) is 14.7. The number of aromatic nitrogens is 1. The predicted molar refractivity (Wildman–Crippen MR) is 70.9 cm³/mol. The molecule has 4 heteroatoms. The Kier molecular flexibility index (Phi) is 5.52. The fourth-order valence-corrected chi connectivity index (χ4v) is 1.53. The number of hydrogen-bond donors (Lipinski definition) is 1. The van der Waals surface area contributed by atoms with Crippen molar-refractivity contribution in [1.29, 1.82) is 0 Å². The number of carbonyl (C=O) groups excluding carboxylic acids is 1. The van der Waals surface area contributed by atoms with E-state index in [4.69, 9.17) is 5.11 Å². The van der Waals surface area contributed by atoms with E-state index in [1.165, 1.54) is 0 Å². The maximum absolute atomic E-state index is 10.5.